The number of nitrogens with zero attached hydrogens (tertiary/aromatic N) is 5. The number of likely N-dealkylation sites (N-methyl/N-ethyl adjacent to an activating group) is 1. The molecule has 0 aliphatic carbocycles. The predicted octanol–water partition coefficient (Wildman–Crippen LogP) is 5.18. The van der Waals surface area contributed by atoms with Crippen LogP contribution in [0, 0.1) is 11.2 Å². The quantitative estimate of drug-likeness (QED) is 0.418. The van der Waals surface area contributed by atoms with Crippen molar-refractivity contribution in [2.75, 3.05) is 45.2 Å². The van der Waals surface area contributed by atoms with Crippen LogP contribution < -0.4 is 9.64 Å². The summed E-state index contributed by atoms with van der Waals surface area (Å²) in [6.07, 6.45) is 2.38. The molecule has 36 heavy (non-hydrogen) atoms. The molecule has 0 amide bonds. The third kappa shape index (κ3) is 4.91. The van der Waals surface area contributed by atoms with E-state index in [0.29, 0.717) is 22.5 Å². The van der Waals surface area contributed by atoms with Crippen LogP contribution in [-0.2, 0) is 6.42 Å². The summed E-state index contributed by atoms with van der Waals surface area (Å²) in [6.45, 7) is 10.5. The molecule has 1 fully saturated rings. The summed E-state index contributed by atoms with van der Waals surface area (Å²) in [5.74, 6) is 0.306. The van der Waals surface area contributed by atoms with Gasteiger partial charge in [-0.1, -0.05) is 32.9 Å². The second kappa shape index (κ2) is 9.50. The molecule has 2 aromatic carbocycles. The van der Waals surface area contributed by atoms with E-state index in [9.17, 15) is 0 Å². The molecule has 8 heteroatoms. The Hall–Kier alpha value is -3.52. The van der Waals surface area contributed by atoms with Gasteiger partial charge in [-0.05, 0) is 48.7 Å². The van der Waals surface area contributed by atoms with Crippen LogP contribution in [0.2, 0.25) is 0 Å². The highest BCUT2D eigenvalue weighted by atomic mass is 19.1. The van der Waals surface area contributed by atoms with Gasteiger partial charge in [0.2, 0.25) is 0 Å². The summed E-state index contributed by atoms with van der Waals surface area (Å²) in [4.78, 5) is 13.9. The molecule has 7 nitrogen and oxygen atoms in total. The predicted molar refractivity (Wildman–Crippen MR) is 142 cm³/mol. The van der Waals surface area contributed by atoms with E-state index in [-0.39, 0.29) is 16.8 Å². The summed E-state index contributed by atoms with van der Waals surface area (Å²) in [6, 6.07) is 11.8. The fourth-order valence-electron chi connectivity index (χ4n) is 4.76. The average Bonchev–Trinajstić information content (AvgIpc) is 3.26. The fraction of sp³-hybridized carbons (Fsp3) is 0.393. The number of aromatic amines is 1. The minimum absolute atomic E-state index is 0.0277. The molecule has 1 saturated heterocycles. The number of halogens is 1. The molecule has 1 N–H and O–H groups in total. The number of anilines is 1. The number of nitrogens with one attached hydrogen (secondary N) is 1. The molecule has 0 unspecified atom stereocenters. The molecule has 4 aromatic rings. The topological polar surface area (TPSA) is 70.2 Å². The molecule has 0 saturated carbocycles. The van der Waals surface area contributed by atoms with Crippen molar-refractivity contribution in [2.24, 2.45) is 5.41 Å². The van der Waals surface area contributed by atoms with E-state index >= 15 is 4.39 Å². The van der Waals surface area contributed by atoms with Gasteiger partial charge >= 0.3 is 0 Å². The van der Waals surface area contributed by atoms with E-state index in [2.05, 4.69) is 77.1 Å². The molecule has 2 aromatic heterocycles. The van der Waals surface area contributed by atoms with Crippen molar-refractivity contribution in [3.8, 4) is 28.4 Å². The smallest absolute Gasteiger partial charge is 0.166 e. The normalized spacial score (nSPS) is 15.0. The van der Waals surface area contributed by atoms with Crippen LogP contribution in [0.5, 0.6) is 5.75 Å². The Labute approximate surface area is 211 Å². The van der Waals surface area contributed by atoms with Gasteiger partial charge in [-0.25, -0.2) is 14.4 Å². The van der Waals surface area contributed by atoms with Gasteiger partial charge < -0.3 is 14.5 Å². The van der Waals surface area contributed by atoms with Crippen molar-refractivity contribution >= 4 is 16.7 Å². The molecule has 1 aliphatic heterocycles. The zero-order chi connectivity index (χ0) is 25.4. The lowest BCUT2D eigenvalue weighted by Gasteiger charge is -2.34. The Morgan fingerprint density at radius 3 is 2.44 bits per heavy atom. The average molecular weight is 489 g/mol. The van der Waals surface area contributed by atoms with E-state index < -0.39 is 5.82 Å². The molecular weight excluding hydrogens is 455 g/mol. The number of H-pyrrole nitrogens is 1. The molecule has 0 spiro atoms. The van der Waals surface area contributed by atoms with Crippen molar-refractivity contribution in [2.45, 2.75) is 27.2 Å². The van der Waals surface area contributed by atoms with Crippen LogP contribution in [-0.4, -0.2) is 65.4 Å². The van der Waals surface area contributed by atoms with Crippen LogP contribution >= 0.6 is 0 Å². The minimum atomic E-state index is -0.394. The second-order valence-electron chi connectivity index (χ2n) is 10.8. The van der Waals surface area contributed by atoms with Gasteiger partial charge in [-0.15, -0.1) is 0 Å². The highest BCUT2D eigenvalue weighted by Crippen LogP contribution is 2.35. The zero-order valence-electron chi connectivity index (χ0n) is 21.6. The van der Waals surface area contributed by atoms with Crippen molar-refractivity contribution in [1.82, 2.24) is 25.1 Å². The van der Waals surface area contributed by atoms with E-state index in [1.165, 1.54) is 5.69 Å². The lowest BCUT2D eigenvalue weighted by molar-refractivity contribution is 0.313. The monoisotopic (exact) mass is 488 g/mol. The van der Waals surface area contributed by atoms with Crippen molar-refractivity contribution < 1.29 is 9.13 Å². The highest BCUT2D eigenvalue weighted by Gasteiger charge is 2.21. The van der Waals surface area contributed by atoms with Crippen LogP contribution in [0.15, 0.2) is 42.6 Å². The Morgan fingerprint density at radius 1 is 1.06 bits per heavy atom. The first-order valence-electron chi connectivity index (χ1n) is 12.3. The molecule has 5 rings (SSSR count). The molecule has 3 heterocycles. The molecule has 1 aliphatic rings. The molecule has 0 atom stereocenters. The maximum Gasteiger partial charge on any atom is 0.166 e. The first kappa shape index (κ1) is 24.2. The first-order valence-corrected chi connectivity index (χ1v) is 12.3. The number of fused-ring (bicyclic) bond motifs is 1. The summed E-state index contributed by atoms with van der Waals surface area (Å²) >= 11 is 0. The van der Waals surface area contributed by atoms with Gasteiger partial charge in [0.1, 0.15) is 28.3 Å². The van der Waals surface area contributed by atoms with Gasteiger partial charge in [0, 0.05) is 37.4 Å². The van der Waals surface area contributed by atoms with Crippen LogP contribution in [0.3, 0.4) is 0 Å². The molecule has 188 valence electrons. The van der Waals surface area contributed by atoms with E-state index in [1.807, 2.05) is 6.07 Å². The van der Waals surface area contributed by atoms with Gasteiger partial charge in [-0.2, -0.15) is 5.10 Å². The summed E-state index contributed by atoms with van der Waals surface area (Å²) < 4.78 is 20.9. The Balaban J connectivity index is 1.49. The van der Waals surface area contributed by atoms with Crippen molar-refractivity contribution in [3.63, 3.8) is 0 Å². The lowest BCUT2D eigenvalue weighted by Crippen LogP contribution is -2.44. The third-order valence-corrected chi connectivity index (χ3v) is 6.60. The second-order valence-corrected chi connectivity index (χ2v) is 10.8. The van der Waals surface area contributed by atoms with E-state index in [1.54, 1.807) is 19.4 Å². The van der Waals surface area contributed by atoms with Gasteiger partial charge in [0.25, 0.3) is 0 Å². The maximum atomic E-state index is 15.4. The maximum absolute atomic E-state index is 15.4. The lowest BCUT2D eigenvalue weighted by atomic mass is 9.87. The minimum Gasteiger partial charge on any atom is -0.496 e. The number of hydrogen-bond acceptors (Lipinski definition) is 6. The Bertz CT molecular complexity index is 1370. The van der Waals surface area contributed by atoms with E-state index in [4.69, 9.17) is 9.72 Å². The van der Waals surface area contributed by atoms with Crippen LogP contribution in [0.4, 0.5) is 10.1 Å². The number of methoxy groups -OCH3 is 1. The van der Waals surface area contributed by atoms with Crippen molar-refractivity contribution in [3.05, 3.63) is 54.0 Å². The van der Waals surface area contributed by atoms with E-state index in [0.717, 1.165) is 43.7 Å². The molecule has 0 radical (unpaired) electrons. The van der Waals surface area contributed by atoms with Gasteiger partial charge in [0.15, 0.2) is 5.82 Å². The number of hydrogen-bond donors (Lipinski definition) is 1. The largest absolute Gasteiger partial charge is 0.496 e. The summed E-state index contributed by atoms with van der Waals surface area (Å²) in [5.41, 5.74) is 5.36. The number of rotatable bonds is 5. The zero-order valence-corrected chi connectivity index (χ0v) is 21.6. The first-order chi connectivity index (χ1) is 17.2. The van der Waals surface area contributed by atoms with Crippen LogP contribution in [0.1, 0.15) is 26.3 Å². The summed E-state index contributed by atoms with van der Waals surface area (Å²) in [7, 11) is 3.70. The Kier molecular flexibility index (Phi) is 6.38. The Morgan fingerprint density at radius 2 is 1.78 bits per heavy atom. The van der Waals surface area contributed by atoms with Gasteiger partial charge in [0.05, 0.1) is 18.9 Å². The number of piperazine rings is 1. The highest BCUT2D eigenvalue weighted by molar-refractivity contribution is 5.90. The standard InChI is InChI=1S/C28H33FN6O/c1-28(2,3)16-18-14-21(29)24(23(15-18)36-5)27-30-17-22-26(31-27)25(33-32-22)19-6-8-20(9-7-19)35-12-10-34(4)11-13-35/h6-9,14-15,17H,10-13,16H2,1-5H3,(H,32,33). The van der Waals surface area contributed by atoms with Crippen molar-refractivity contribution in [1.29, 1.82) is 0 Å². The molecule has 0 bridgehead atoms. The third-order valence-electron chi connectivity index (χ3n) is 6.60. The van der Waals surface area contributed by atoms with Gasteiger partial charge in [-0.3, -0.25) is 5.10 Å². The number of benzene rings is 2. The number of ether oxygens (including phenoxy) is 1. The number of aromatic nitrogens is 4. The summed E-state index contributed by atoms with van der Waals surface area (Å²) in [5, 5.41) is 7.51. The fourth-order valence-corrected chi connectivity index (χ4v) is 4.76. The SMILES string of the molecule is COc1cc(CC(C)(C)C)cc(F)c1-c1ncc2[nH]nc(-c3ccc(N4CCN(C)CC4)cc3)c2n1. The molecular formula is C28H33FN6O. The van der Waals surface area contributed by atoms with Crippen LogP contribution in [0.25, 0.3) is 33.7 Å².